The third-order valence-electron chi connectivity index (χ3n) is 4.54. The average molecular weight is 370 g/mol. The summed E-state index contributed by atoms with van der Waals surface area (Å²) in [5.74, 6) is 0.678. The lowest BCUT2D eigenvalue weighted by molar-refractivity contribution is 0.626. The number of fused-ring (bicyclic) bond motifs is 3. The van der Waals surface area contributed by atoms with Crippen LogP contribution in [-0.2, 0) is 0 Å². The van der Waals surface area contributed by atoms with Crippen LogP contribution in [0.15, 0.2) is 101 Å². The van der Waals surface area contributed by atoms with E-state index in [9.17, 15) is 4.39 Å². The van der Waals surface area contributed by atoms with Gasteiger partial charge in [0.25, 0.3) is 0 Å². The first-order valence-electron chi connectivity index (χ1n) is 8.69. The molecule has 0 radical (unpaired) electrons. The number of benzene rings is 3. The SMILES string of the molecule is Fc1ccc(Sc2nc(-c3ccccc3)n3c2ccc2ccccc23)cc1. The molecule has 0 aliphatic rings. The molecule has 0 saturated heterocycles. The summed E-state index contributed by atoms with van der Waals surface area (Å²) in [4.78, 5) is 5.92. The quantitative estimate of drug-likeness (QED) is 0.363. The number of pyridine rings is 1. The van der Waals surface area contributed by atoms with Crippen LogP contribution >= 0.6 is 11.8 Å². The van der Waals surface area contributed by atoms with Crippen molar-refractivity contribution in [3.63, 3.8) is 0 Å². The molecule has 0 atom stereocenters. The molecular weight excluding hydrogens is 355 g/mol. The predicted octanol–water partition coefficient (Wildman–Crippen LogP) is 6.44. The van der Waals surface area contributed by atoms with Gasteiger partial charge in [-0.2, -0.15) is 0 Å². The van der Waals surface area contributed by atoms with E-state index in [1.165, 1.54) is 12.1 Å². The minimum Gasteiger partial charge on any atom is -0.291 e. The molecule has 0 aliphatic heterocycles. The molecule has 0 fully saturated rings. The van der Waals surface area contributed by atoms with E-state index >= 15 is 0 Å². The van der Waals surface area contributed by atoms with Crippen LogP contribution in [0.25, 0.3) is 27.8 Å². The molecule has 27 heavy (non-hydrogen) atoms. The fourth-order valence-electron chi connectivity index (χ4n) is 3.27. The largest absolute Gasteiger partial charge is 0.291 e. The van der Waals surface area contributed by atoms with Gasteiger partial charge in [0.2, 0.25) is 0 Å². The lowest BCUT2D eigenvalue weighted by atomic mass is 10.2. The monoisotopic (exact) mass is 370 g/mol. The van der Waals surface area contributed by atoms with Gasteiger partial charge in [-0.3, -0.25) is 4.40 Å². The van der Waals surface area contributed by atoms with Gasteiger partial charge in [-0.1, -0.05) is 66.4 Å². The second-order valence-corrected chi connectivity index (χ2v) is 7.34. The van der Waals surface area contributed by atoms with E-state index in [1.54, 1.807) is 23.9 Å². The fraction of sp³-hybridized carbons (Fsp3) is 0. The van der Waals surface area contributed by atoms with Crippen molar-refractivity contribution in [1.29, 1.82) is 0 Å². The Hall–Kier alpha value is -3.11. The Balaban J connectivity index is 1.77. The van der Waals surface area contributed by atoms with E-state index in [4.69, 9.17) is 4.98 Å². The molecule has 5 rings (SSSR count). The molecule has 0 bridgehead atoms. The molecule has 0 spiro atoms. The van der Waals surface area contributed by atoms with Crippen LogP contribution in [0.1, 0.15) is 0 Å². The summed E-state index contributed by atoms with van der Waals surface area (Å²) < 4.78 is 15.5. The number of hydrogen-bond acceptors (Lipinski definition) is 2. The van der Waals surface area contributed by atoms with Crippen molar-refractivity contribution in [2.75, 3.05) is 0 Å². The van der Waals surface area contributed by atoms with Crippen LogP contribution in [0.5, 0.6) is 0 Å². The number of halogens is 1. The molecule has 0 saturated carbocycles. The minimum atomic E-state index is -0.231. The molecule has 3 aromatic carbocycles. The van der Waals surface area contributed by atoms with Gasteiger partial charge in [0.05, 0.1) is 11.0 Å². The van der Waals surface area contributed by atoms with E-state index in [2.05, 4.69) is 40.8 Å². The molecule has 2 nitrogen and oxygen atoms in total. The summed E-state index contributed by atoms with van der Waals surface area (Å²) in [6, 6.07) is 29.3. The summed E-state index contributed by atoms with van der Waals surface area (Å²) in [7, 11) is 0. The predicted molar refractivity (Wildman–Crippen MR) is 109 cm³/mol. The Morgan fingerprint density at radius 3 is 2.26 bits per heavy atom. The highest BCUT2D eigenvalue weighted by Gasteiger charge is 2.16. The first kappa shape index (κ1) is 16.1. The highest BCUT2D eigenvalue weighted by molar-refractivity contribution is 7.99. The van der Waals surface area contributed by atoms with E-state index < -0.39 is 0 Å². The molecule has 0 amide bonds. The standard InChI is InChI=1S/C23H15FN2S/c24-18-11-13-19(14-12-18)27-23-21-15-10-16-6-4-5-9-20(16)26(21)22(25-23)17-7-2-1-3-8-17/h1-15H. The topological polar surface area (TPSA) is 17.3 Å². The van der Waals surface area contributed by atoms with Crippen molar-refractivity contribution in [2.24, 2.45) is 0 Å². The number of hydrogen-bond donors (Lipinski definition) is 0. The van der Waals surface area contributed by atoms with Crippen LogP contribution in [-0.4, -0.2) is 9.38 Å². The van der Waals surface area contributed by atoms with Crippen molar-refractivity contribution in [3.05, 3.63) is 96.8 Å². The molecule has 4 heteroatoms. The zero-order valence-electron chi connectivity index (χ0n) is 14.3. The Morgan fingerprint density at radius 2 is 1.44 bits per heavy atom. The van der Waals surface area contributed by atoms with Gasteiger partial charge < -0.3 is 0 Å². The Morgan fingerprint density at radius 1 is 0.704 bits per heavy atom. The van der Waals surface area contributed by atoms with Crippen LogP contribution in [0, 0.1) is 5.82 Å². The van der Waals surface area contributed by atoms with Crippen molar-refractivity contribution in [3.8, 4) is 11.4 Å². The average Bonchev–Trinajstić information content (AvgIpc) is 3.09. The Labute approximate surface area is 160 Å². The molecule has 130 valence electrons. The van der Waals surface area contributed by atoms with E-state index in [0.29, 0.717) is 0 Å². The van der Waals surface area contributed by atoms with E-state index in [1.807, 2.05) is 30.3 Å². The molecule has 0 unspecified atom stereocenters. The first-order valence-corrected chi connectivity index (χ1v) is 9.50. The fourth-order valence-corrected chi connectivity index (χ4v) is 4.17. The van der Waals surface area contributed by atoms with Crippen molar-refractivity contribution < 1.29 is 4.39 Å². The number of aromatic nitrogens is 2. The van der Waals surface area contributed by atoms with Crippen molar-refractivity contribution >= 4 is 28.2 Å². The maximum Gasteiger partial charge on any atom is 0.146 e. The number of para-hydroxylation sites is 1. The number of nitrogens with zero attached hydrogens (tertiary/aromatic N) is 2. The highest BCUT2D eigenvalue weighted by Crippen LogP contribution is 2.35. The maximum absolute atomic E-state index is 13.2. The third-order valence-corrected chi connectivity index (χ3v) is 5.54. The van der Waals surface area contributed by atoms with Crippen molar-refractivity contribution in [2.45, 2.75) is 9.92 Å². The number of imidazole rings is 1. The maximum atomic E-state index is 13.2. The van der Waals surface area contributed by atoms with Crippen LogP contribution in [0.3, 0.4) is 0 Å². The van der Waals surface area contributed by atoms with Crippen LogP contribution < -0.4 is 0 Å². The van der Waals surface area contributed by atoms with Gasteiger partial charge in [-0.05, 0) is 41.8 Å². The second kappa shape index (κ2) is 6.56. The lowest BCUT2D eigenvalue weighted by Gasteiger charge is -2.06. The highest BCUT2D eigenvalue weighted by atomic mass is 32.2. The molecule has 2 heterocycles. The van der Waals surface area contributed by atoms with E-state index in [0.717, 1.165) is 37.7 Å². The summed E-state index contributed by atoms with van der Waals surface area (Å²) in [5, 5.41) is 2.07. The Bertz CT molecular complexity index is 1240. The smallest absolute Gasteiger partial charge is 0.146 e. The summed E-state index contributed by atoms with van der Waals surface area (Å²) in [6.45, 7) is 0. The summed E-state index contributed by atoms with van der Waals surface area (Å²) in [6.07, 6.45) is 0. The van der Waals surface area contributed by atoms with Gasteiger partial charge in [-0.25, -0.2) is 9.37 Å². The van der Waals surface area contributed by atoms with Crippen LogP contribution in [0.4, 0.5) is 4.39 Å². The van der Waals surface area contributed by atoms with Gasteiger partial charge >= 0.3 is 0 Å². The molecule has 0 N–H and O–H groups in total. The Kier molecular flexibility index (Phi) is 3.91. The van der Waals surface area contributed by atoms with Crippen molar-refractivity contribution in [1.82, 2.24) is 9.38 Å². The van der Waals surface area contributed by atoms with Crippen LogP contribution in [0.2, 0.25) is 0 Å². The second-order valence-electron chi connectivity index (χ2n) is 6.28. The zero-order chi connectivity index (χ0) is 18.2. The number of rotatable bonds is 3. The summed E-state index contributed by atoms with van der Waals surface area (Å²) >= 11 is 1.55. The van der Waals surface area contributed by atoms with Gasteiger partial charge in [0.1, 0.15) is 16.7 Å². The minimum absolute atomic E-state index is 0.231. The van der Waals surface area contributed by atoms with Gasteiger partial charge in [0.15, 0.2) is 0 Å². The normalized spacial score (nSPS) is 11.3. The molecule has 0 aliphatic carbocycles. The third kappa shape index (κ3) is 2.88. The van der Waals surface area contributed by atoms with Gasteiger partial charge in [-0.15, -0.1) is 0 Å². The first-order chi connectivity index (χ1) is 13.3. The molecular formula is C23H15FN2S. The molecule has 5 aromatic rings. The zero-order valence-corrected chi connectivity index (χ0v) is 15.2. The van der Waals surface area contributed by atoms with Gasteiger partial charge in [0, 0.05) is 10.5 Å². The summed E-state index contributed by atoms with van der Waals surface area (Å²) in [5.41, 5.74) is 3.23. The van der Waals surface area contributed by atoms with E-state index in [-0.39, 0.29) is 5.82 Å². The lowest BCUT2D eigenvalue weighted by Crippen LogP contribution is -1.91. The molecule has 2 aromatic heterocycles.